The van der Waals surface area contributed by atoms with Crippen LogP contribution in [0.25, 0.3) is 16.8 Å². The maximum atomic E-state index is 10.5. The fraction of sp³-hybridized carbons (Fsp3) is 0.0667. The third kappa shape index (κ3) is 2.83. The minimum atomic E-state index is -1.30. The van der Waals surface area contributed by atoms with Crippen LogP contribution in [0, 0.1) is 0 Å². The quantitative estimate of drug-likeness (QED) is 0.746. The van der Waals surface area contributed by atoms with Gasteiger partial charge < -0.3 is 14.2 Å². The highest BCUT2D eigenvalue weighted by Crippen LogP contribution is 2.27. The molecular formula is C15H11ClN2O3. The molecule has 3 aromatic rings. The Hall–Kier alpha value is -2.53. The molecule has 2 heterocycles. The van der Waals surface area contributed by atoms with Crippen LogP contribution in [-0.4, -0.2) is 20.6 Å². The van der Waals surface area contributed by atoms with E-state index in [1.54, 1.807) is 24.7 Å². The summed E-state index contributed by atoms with van der Waals surface area (Å²) in [6, 6.07) is 9.28. The van der Waals surface area contributed by atoms with E-state index in [0.29, 0.717) is 5.02 Å². The molecule has 0 spiro atoms. The van der Waals surface area contributed by atoms with Crippen LogP contribution < -0.4 is 0 Å². The molecule has 106 valence electrons. The van der Waals surface area contributed by atoms with E-state index in [1.807, 2.05) is 28.7 Å². The van der Waals surface area contributed by atoms with Gasteiger partial charge in [-0.3, -0.25) is 0 Å². The molecule has 1 N–H and O–H groups in total. The SMILES string of the molecule is O=C(O)OCc1cc(-c2cccc(Cl)c2)c2nccn2c1. The van der Waals surface area contributed by atoms with E-state index in [4.69, 9.17) is 16.7 Å². The topological polar surface area (TPSA) is 63.8 Å². The number of fused-ring (bicyclic) bond motifs is 1. The van der Waals surface area contributed by atoms with Crippen LogP contribution in [0.15, 0.2) is 48.9 Å². The zero-order chi connectivity index (χ0) is 14.8. The van der Waals surface area contributed by atoms with Gasteiger partial charge >= 0.3 is 6.16 Å². The number of ether oxygens (including phenoxy) is 1. The van der Waals surface area contributed by atoms with E-state index in [9.17, 15) is 4.79 Å². The van der Waals surface area contributed by atoms with Crippen molar-refractivity contribution in [3.63, 3.8) is 0 Å². The van der Waals surface area contributed by atoms with Crippen molar-refractivity contribution in [2.45, 2.75) is 6.61 Å². The summed E-state index contributed by atoms with van der Waals surface area (Å²) in [5.41, 5.74) is 3.29. The van der Waals surface area contributed by atoms with Crippen LogP contribution >= 0.6 is 11.6 Å². The van der Waals surface area contributed by atoms with Crippen LogP contribution in [-0.2, 0) is 11.3 Å². The van der Waals surface area contributed by atoms with E-state index in [1.165, 1.54) is 0 Å². The minimum Gasteiger partial charge on any atom is -0.450 e. The summed E-state index contributed by atoms with van der Waals surface area (Å²) in [7, 11) is 0. The first-order valence-electron chi connectivity index (χ1n) is 6.21. The lowest BCUT2D eigenvalue weighted by molar-refractivity contribution is 0.0853. The number of rotatable bonds is 3. The molecule has 3 rings (SSSR count). The number of aromatic nitrogens is 2. The molecular weight excluding hydrogens is 292 g/mol. The highest BCUT2D eigenvalue weighted by atomic mass is 35.5. The molecule has 0 aliphatic carbocycles. The molecule has 0 saturated heterocycles. The van der Waals surface area contributed by atoms with Crippen molar-refractivity contribution < 1.29 is 14.6 Å². The number of carboxylic acid groups (broad SMARTS) is 1. The smallest absolute Gasteiger partial charge is 0.450 e. The van der Waals surface area contributed by atoms with Crippen molar-refractivity contribution in [3.05, 3.63) is 59.5 Å². The molecule has 0 unspecified atom stereocenters. The Balaban J connectivity index is 2.11. The van der Waals surface area contributed by atoms with Crippen molar-refractivity contribution in [1.29, 1.82) is 0 Å². The molecule has 5 nitrogen and oxygen atoms in total. The highest BCUT2D eigenvalue weighted by Gasteiger charge is 2.09. The molecule has 0 radical (unpaired) electrons. The van der Waals surface area contributed by atoms with E-state index in [-0.39, 0.29) is 6.61 Å². The molecule has 0 amide bonds. The summed E-state index contributed by atoms with van der Waals surface area (Å²) in [4.78, 5) is 14.9. The average molecular weight is 303 g/mol. The maximum Gasteiger partial charge on any atom is 0.506 e. The van der Waals surface area contributed by atoms with Crippen molar-refractivity contribution in [3.8, 4) is 11.1 Å². The number of imidazole rings is 1. The van der Waals surface area contributed by atoms with Gasteiger partial charge in [-0.25, -0.2) is 9.78 Å². The molecule has 0 saturated carbocycles. The highest BCUT2D eigenvalue weighted by molar-refractivity contribution is 6.30. The number of pyridine rings is 1. The Kier molecular flexibility index (Phi) is 3.50. The predicted molar refractivity (Wildman–Crippen MR) is 78.5 cm³/mol. The van der Waals surface area contributed by atoms with Gasteiger partial charge in [0.15, 0.2) is 0 Å². The molecule has 0 aliphatic heterocycles. The van der Waals surface area contributed by atoms with E-state index < -0.39 is 6.16 Å². The summed E-state index contributed by atoms with van der Waals surface area (Å²) < 4.78 is 6.45. The Morgan fingerprint density at radius 2 is 2.24 bits per heavy atom. The average Bonchev–Trinajstić information content (AvgIpc) is 2.92. The summed E-state index contributed by atoms with van der Waals surface area (Å²) >= 11 is 6.03. The third-order valence-corrected chi connectivity index (χ3v) is 3.28. The summed E-state index contributed by atoms with van der Waals surface area (Å²) in [6.45, 7) is -0.0168. The Morgan fingerprint density at radius 1 is 1.38 bits per heavy atom. The second-order valence-electron chi connectivity index (χ2n) is 4.49. The Bertz CT molecular complexity index is 814. The maximum absolute atomic E-state index is 10.5. The van der Waals surface area contributed by atoms with Gasteiger partial charge in [-0.15, -0.1) is 0 Å². The first-order valence-corrected chi connectivity index (χ1v) is 6.58. The van der Waals surface area contributed by atoms with Crippen LogP contribution in [0.3, 0.4) is 0 Å². The molecule has 2 aromatic heterocycles. The molecule has 0 fully saturated rings. The molecule has 0 bridgehead atoms. The normalized spacial score (nSPS) is 10.7. The van der Waals surface area contributed by atoms with E-state index >= 15 is 0 Å². The number of halogens is 1. The van der Waals surface area contributed by atoms with Crippen LogP contribution in [0.2, 0.25) is 5.02 Å². The van der Waals surface area contributed by atoms with E-state index in [2.05, 4.69) is 9.72 Å². The number of nitrogens with zero attached hydrogens (tertiary/aromatic N) is 2. The summed E-state index contributed by atoms with van der Waals surface area (Å²) in [5, 5.41) is 9.24. The lowest BCUT2D eigenvalue weighted by Gasteiger charge is -2.09. The van der Waals surface area contributed by atoms with Gasteiger partial charge in [0, 0.05) is 34.7 Å². The summed E-state index contributed by atoms with van der Waals surface area (Å²) in [6.07, 6.45) is 3.98. The van der Waals surface area contributed by atoms with Gasteiger partial charge in [0.05, 0.1) is 0 Å². The number of hydrogen-bond acceptors (Lipinski definition) is 3. The fourth-order valence-corrected chi connectivity index (χ4v) is 2.37. The fourth-order valence-electron chi connectivity index (χ4n) is 2.18. The molecule has 6 heteroatoms. The monoisotopic (exact) mass is 302 g/mol. The molecule has 0 atom stereocenters. The lowest BCUT2D eigenvalue weighted by Crippen LogP contribution is -2.02. The molecule has 0 aliphatic rings. The number of benzene rings is 1. The Labute approximate surface area is 125 Å². The number of hydrogen-bond donors (Lipinski definition) is 1. The zero-order valence-electron chi connectivity index (χ0n) is 10.9. The number of carbonyl (C=O) groups is 1. The van der Waals surface area contributed by atoms with Crippen molar-refractivity contribution in [2.75, 3.05) is 0 Å². The molecule has 1 aromatic carbocycles. The Morgan fingerprint density at radius 3 is 3.00 bits per heavy atom. The second-order valence-corrected chi connectivity index (χ2v) is 4.92. The standard InChI is InChI=1S/C15H11ClN2O3/c16-12-3-1-2-11(7-12)13-6-10(9-21-15(19)20)8-18-5-4-17-14(13)18/h1-8H,9H2,(H,19,20). The first kappa shape index (κ1) is 13.5. The third-order valence-electron chi connectivity index (χ3n) is 3.04. The zero-order valence-corrected chi connectivity index (χ0v) is 11.6. The largest absolute Gasteiger partial charge is 0.506 e. The second kappa shape index (κ2) is 5.46. The van der Waals surface area contributed by atoms with Gasteiger partial charge in [0.1, 0.15) is 12.3 Å². The van der Waals surface area contributed by atoms with Crippen LogP contribution in [0.4, 0.5) is 4.79 Å². The van der Waals surface area contributed by atoms with Gasteiger partial charge in [-0.1, -0.05) is 23.7 Å². The van der Waals surface area contributed by atoms with Crippen molar-refractivity contribution >= 4 is 23.4 Å². The van der Waals surface area contributed by atoms with Gasteiger partial charge in [-0.2, -0.15) is 0 Å². The summed E-state index contributed by atoms with van der Waals surface area (Å²) in [5.74, 6) is 0. The predicted octanol–water partition coefficient (Wildman–Crippen LogP) is 3.85. The van der Waals surface area contributed by atoms with Crippen LogP contribution in [0.1, 0.15) is 5.56 Å². The van der Waals surface area contributed by atoms with Crippen LogP contribution in [0.5, 0.6) is 0 Å². The minimum absolute atomic E-state index is 0.0168. The van der Waals surface area contributed by atoms with E-state index in [0.717, 1.165) is 22.3 Å². The van der Waals surface area contributed by atoms with Crippen molar-refractivity contribution in [1.82, 2.24) is 9.38 Å². The van der Waals surface area contributed by atoms with Gasteiger partial charge in [-0.05, 0) is 23.8 Å². The first-order chi connectivity index (χ1) is 10.1. The molecule has 21 heavy (non-hydrogen) atoms. The van der Waals surface area contributed by atoms with Gasteiger partial charge in [0.2, 0.25) is 0 Å². The van der Waals surface area contributed by atoms with Crippen molar-refractivity contribution in [2.24, 2.45) is 0 Å². The van der Waals surface area contributed by atoms with Gasteiger partial charge in [0.25, 0.3) is 0 Å². The lowest BCUT2D eigenvalue weighted by atomic mass is 10.1.